The lowest BCUT2D eigenvalue weighted by molar-refractivity contribution is 0.140. The van der Waals surface area contributed by atoms with Crippen LogP contribution in [0.15, 0.2) is 47.4 Å². The monoisotopic (exact) mass is 320 g/mol. The van der Waals surface area contributed by atoms with E-state index in [-0.39, 0.29) is 17.8 Å². The van der Waals surface area contributed by atoms with Crippen LogP contribution in [0, 0.1) is 0 Å². The maximum Gasteiger partial charge on any atom is 0.138 e. The molecule has 2 aromatic carbocycles. The van der Waals surface area contributed by atoms with E-state index in [4.69, 9.17) is 13.9 Å². The van der Waals surface area contributed by atoms with Crippen LogP contribution >= 0.6 is 0 Å². The number of rotatable bonds is 1. The van der Waals surface area contributed by atoms with Gasteiger partial charge in [0.2, 0.25) is 0 Å². The summed E-state index contributed by atoms with van der Waals surface area (Å²) in [5.74, 6) is 2.67. The molecule has 4 heteroatoms. The van der Waals surface area contributed by atoms with Gasteiger partial charge in [0.25, 0.3) is 0 Å². The molecule has 0 amide bonds. The van der Waals surface area contributed by atoms with Crippen molar-refractivity contribution in [3.05, 3.63) is 59.9 Å². The van der Waals surface area contributed by atoms with Crippen LogP contribution in [0.4, 0.5) is 0 Å². The summed E-state index contributed by atoms with van der Waals surface area (Å²) in [6.07, 6.45) is -0.0990. The number of phenols is 1. The maximum absolute atomic E-state index is 9.66. The molecule has 3 heterocycles. The minimum absolute atomic E-state index is 0.0990. The van der Waals surface area contributed by atoms with Crippen LogP contribution in [-0.4, -0.2) is 11.7 Å². The number of aromatic hydroxyl groups is 1. The zero-order valence-electron chi connectivity index (χ0n) is 13.2. The molecule has 0 aliphatic carbocycles. The van der Waals surface area contributed by atoms with E-state index in [2.05, 4.69) is 12.6 Å². The highest BCUT2D eigenvalue weighted by atomic mass is 16.5. The van der Waals surface area contributed by atoms with Crippen LogP contribution in [0.3, 0.4) is 0 Å². The van der Waals surface area contributed by atoms with E-state index in [1.807, 2.05) is 25.1 Å². The van der Waals surface area contributed by atoms with Crippen molar-refractivity contribution in [2.24, 2.45) is 0 Å². The summed E-state index contributed by atoms with van der Waals surface area (Å²) >= 11 is 0. The van der Waals surface area contributed by atoms with Crippen LogP contribution < -0.4 is 9.47 Å². The summed E-state index contributed by atoms with van der Waals surface area (Å²) in [7, 11) is 0. The average molecular weight is 320 g/mol. The Balaban J connectivity index is 1.66. The maximum atomic E-state index is 9.66. The molecular weight excluding hydrogens is 304 g/mol. The fourth-order valence-electron chi connectivity index (χ4n) is 3.63. The summed E-state index contributed by atoms with van der Waals surface area (Å²) in [5.41, 5.74) is 3.80. The molecule has 0 saturated heterocycles. The summed E-state index contributed by atoms with van der Waals surface area (Å²) in [6.45, 7) is 6.40. The molecule has 0 bridgehead atoms. The molecule has 4 nitrogen and oxygen atoms in total. The van der Waals surface area contributed by atoms with Crippen LogP contribution in [0.2, 0.25) is 0 Å². The molecule has 1 N–H and O–H groups in total. The van der Waals surface area contributed by atoms with Crippen LogP contribution in [-0.2, 0) is 0 Å². The first-order valence-corrected chi connectivity index (χ1v) is 7.96. The number of benzene rings is 2. The third-order valence-corrected chi connectivity index (χ3v) is 4.83. The van der Waals surface area contributed by atoms with Gasteiger partial charge in [-0.25, -0.2) is 0 Å². The van der Waals surface area contributed by atoms with Gasteiger partial charge in [0.1, 0.15) is 34.7 Å². The highest BCUT2D eigenvalue weighted by molar-refractivity contribution is 5.89. The van der Waals surface area contributed by atoms with Crippen LogP contribution in [0.25, 0.3) is 16.5 Å². The fraction of sp³-hybridized carbons (Fsp3) is 0.200. The molecule has 0 fully saturated rings. The van der Waals surface area contributed by atoms with E-state index in [0.717, 1.165) is 39.2 Å². The van der Waals surface area contributed by atoms with Crippen molar-refractivity contribution in [1.29, 1.82) is 0 Å². The average Bonchev–Trinajstić information content (AvgIpc) is 3.15. The van der Waals surface area contributed by atoms with Gasteiger partial charge in [-0.15, -0.1) is 0 Å². The number of hydrogen-bond donors (Lipinski definition) is 1. The molecule has 24 heavy (non-hydrogen) atoms. The molecular formula is C20H16O4. The molecule has 0 spiro atoms. The molecule has 2 aliphatic heterocycles. The number of fused-ring (bicyclic) bond motifs is 7. The van der Waals surface area contributed by atoms with Gasteiger partial charge < -0.3 is 19.0 Å². The van der Waals surface area contributed by atoms with Crippen molar-refractivity contribution < 1.29 is 19.0 Å². The Morgan fingerprint density at radius 2 is 2.00 bits per heavy atom. The molecule has 1 aromatic heterocycles. The highest BCUT2D eigenvalue weighted by Gasteiger charge is 2.41. The van der Waals surface area contributed by atoms with Crippen molar-refractivity contribution in [3.63, 3.8) is 0 Å². The molecule has 2 atom stereocenters. The molecule has 120 valence electrons. The van der Waals surface area contributed by atoms with Gasteiger partial charge in [0, 0.05) is 17.2 Å². The number of hydrogen-bond acceptors (Lipinski definition) is 4. The van der Waals surface area contributed by atoms with Gasteiger partial charge in [-0.2, -0.15) is 0 Å². The zero-order chi connectivity index (χ0) is 16.4. The Morgan fingerprint density at radius 3 is 2.83 bits per heavy atom. The van der Waals surface area contributed by atoms with E-state index >= 15 is 0 Å². The molecule has 0 radical (unpaired) electrons. The van der Waals surface area contributed by atoms with Crippen molar-refractivity contribution in [3.8, 4) is 17.2 Å². The SMILES string of the molecule is C=C(C)c1cc2c3c(ccc2o1)[C@H]1COc2cc(O)ccc2[C@H]1O3. The minimum atomic E-state index is -0.0990. The first-order valence-electron chi connectivity index (χ1n) is 7.96. The Labute approximate surface area is 138 Å². The molecule has 2 aliphatic rings. The first kappa shape index (κ1) is 13.5. The summed E-state index contributed by atoms with van der Waals surface area (Å²) in [4.78, 5) is 0. The second-order valence-electron chi connectivity index (χ2n) is 6.46. The van der Waals surface area contributed by atoms with Crippen LogP contribution in [0.1, 0.15) is 35.8 Å². The standard InChI is InChI=1S/C20H16O4/c1-10(2)17-8-14-16(23-17)6-5-12-15-9-22-18-7-11(21)3-4-13(18)20(15)24-19(12)14/h3-8,15,20-21H,1,9H2,2H3/t15-,20-/m1/s1. The number of allylic oxidation sites excluding steroid dienone is 1. The topological polar surface area (TPSA) is 51.8 Å². The number of ether oxygens (including phenoxy) is 2. The predicted octanol–water partition coefficient (Wildman–Crippen LogP) is 4.78. The third-order valence-electron chi connectivity index (χ3n) is 4.83. The number of phenolic OH excluding ortho intramolecular Hbond substituents is 1. The lowest BCUT2D eigenvalue weighted by atomic mass is 9.89. The Bertz CT molecular complexity index is 998. The third kappa shape index (κ3) is 1.74. The van der Waals surface area contributed by atoms with Gasteiger partial charge in [0.15, 0.2) is 0 Å². The van der Waals surface area contributed by atoms with Gasteiger partial charge in [-0.05, 0) is 36.8 Å². The Kier molecular flexibility index (Phi) is 2.58. The fourth-order valence-corrected chi connectivity index (χ4v) is 3.63. The van der Waals surface area contributed by atoms with E-state index in [1.165, 1.54) is 0 Å². The Morgan fingerprint density at radius 1 is 1.17 bits per heavy atom. The highest BCUT2D eigenvalue weighted by Crippen LogP contribution is 2.53. The molecule has 5 rings (SSSR count). The minimum Gasteiger partial charge on any atom is -0.508 e. The number of furan rings is 1. The van der Waals surface area contributed by atoms with E-state index < -0.39 is 0 Å². The lowest BCUT2D eigenvalue weighted by Gasteiger charge is -2.27. The predicted molar refractivity (Wildman–Crippen MR) is 90.6 cm³/mol. The molecule has 3 aromatic rings. The van der Waals surface area contributed by atoms with Gasteiger partial charge in [0.05, 0.1) is 17.9 Å². The summed E-state index contributed by atoms with van der Waals surface area (Å²) < 4.78 is 18.0. The van der Waals surface area contributed by atoms with Crippen LogP contribution in [0.5, 0.6) is 17.2 Å². The smallest absolute Gasteiger partial charge is 0.138 e. The van der Waals surface area contributed by atoms with E-state index in [9.17, 15) is 5.11 Å². The second-order valence-corrected chi connectivity index (χ2v) is 6.46. The largest absolute Gasteiger partial charge is 0.508 e. The quantitative estimate of drug-likeness (QED) is 0.701. The molecule has 0 unspecified atom stereocenters. The van der Waals surface area contributed by atoms with Crippen molar-refractivity contribution >= 4 is 16.5 Å². The van der Waals surface area contributed by atoms with E-state index in [0.29, 0.717) is 12.4 Å². The first-order chi connectivity index (χ1) is 11.6. The summed E-state index contributed by atoms with van der Waals surface area (Å²) in [6, 6.07) is 11.2. The van der Waals surface area contributed by atoms with E-state index in [1.54, 1.807) is 12.1 Å². The normalized spacial score (nSPS) is 20.7. The van der Waals surface area contributed by atoms with Crippen molar-refractivity contribution in [2.75, 3.05) is 6.61 Å². The van der Waals surface area contributed by atoms with Gasteiger partial charge >= 0.3 is 0 Å². The van der Waals surface area contributed by atoms with Gasteiger partial charge in [-0.1, -0.05) is 12.6 Å². The molecule has 0 saturated carbocycles. The zero-order valence-corrected chi connectivity index (χ0v) is 13.2. The van der Waals surface area contributed by atoms with Crippen molar-refractivity contribution in [2.45, 2.75) is 18.9 Å². The summed E-state index contributed by atoms with van der Waals surface area (Å²) in [5, 5.41) is 10.6. The second kappa shape index (κ2) is 4.57. The van der Waals surface area contributed by atoms with Gasteiger partial charge in [-0.3, -0.25) is 0 Å². The lowest BCUT2D eigenvalue weighted by Crippen LogP contribution is -2.22. The Hall–Kier alpha value is -2.88. The van der Waals surface area contributed by atoms with Crippen molar-refractivity contribution in [1.82, 2.24) is 0 Å².